The van der Waals surface area contributed by atoms with Gasteiger partial charge in [0.2, 0.25) is 5.91 Å². The van der Waals surface area contributed by atoms with Crippen molar-refractivity contribution in [3.05, 3.63) is 71.0 Å². The Hall–Kier alpha value is -3.81. The predicted molar refractivity (Wildman–Crippen MR) is 138 cm³/mol. The van der Waals surface area contributed by atoms with Gasteiger partial charge in [0.05, 0.1) is 18.2 Å². The van der Waals surface area contributed by atoms with Crippen LogP contribution in [0, 0.1) is 17.1 Å². The molecule has 9 nitrogen and oxygen atoms in total. The van der Waals surface area contributed by atoms with Crippen LogP contribution in [0.15, 0.2) is 48.5 Å². The number of halogens is 1. The van der Waals surface area contributed by atoms with Gasteiger partial charge in [-0.1, -0.05) is 12.1 Å². The second-order valence-electron chi connectivity index (χ2n) is 9.81. The van der Waals surface area contributed by atoms with Gasteiger partial charge in [-0.05, 0) is 67.8 Å². The van der Waals surface area contributed by atoms with Crippen molar-refractivity contribution in [3.63, 3.8) is 0 Å². The fraction of sp³-hybridized carbons (Fsp3) is 0.429. The molecule has 1 unspecified atom stereocenters. The lowest BCUT2D eigenvalue weighted by Crippen LogP contribution is -2.55. The van der Waals surface area contributed by atoms with Crippen LogP contribution in [0.5, 0.6) is 0 Å². The average molecular weight is 522 g/mol. The van der Waals surface area contributed by atoms with Crippen LogP contribution in [0.2, 0.25) is 0 Å². The number of carbonyl (C=O) groups excluding carboxylic acids is 2. The number of nitrogens with one attached hydrogen (secondary N) is 2. The number of rotatable bonds is 11. The quantitative estimate of drug-likeness (QED) is 0.386. The average Bonchev–Trinajstić information content (AvgIpc) is 3.70. The van der Waals surface area contributed by atoms with E-state index in [1.54, 1.807) is 34.1 Å². The number of nitriles is 1. The lowest BCUT2D eigenvalue weighted by molar-refractivity contribution is -0.139. The molecule has 1 aliphatic carbocycles. The number of carboxylic acid groups (broad SMARTS) is 1. The monoisotopic (exact) mass is 521 g/mol. The molecule has 0 radical (unpaired) electrons. The zero-order valence-corrected chi connectivity index (χ0v) is 21.1. The molecular weight excluding hydrogens is 489 g/mol. The Balaban J connectivity index is 1.32. The third-order valence-electron chi connectivity index (χ3n) is 7.09. The molecular formula is C28H32FN5O4. The molecule has 3 N–H and O–H groups in total. The Morgan fingerprint density at radius 3 is 2.37 bits per heavy atom. The van der Waals surface area contributed by atoms with Gasteiger partial charge < -0.3 is 20.6 Å². The summed E-state index contributed by atoms with van der Waals surface area (Å²) >= 11 is 0. The van der Waals surface area contributed by atoms with Crippen molar-refractivity contribution in [2.24, 2.45) is 0 Å². The number of carboxylic acids is 1. The molecule has 10 heteroatoms. The highest BCUT2D eigenvalue weighted by atomic mass is 19.1. The molecule has 3 atom stereocenters. The van der Waals surface area contributed by atoms with Crippen LogP contribution >= 0.6 is 0 Å². The third-order valence-corrected chi connectivity index (χ3v) is 7.09. The van der Waals surface area contributed by atoms with Crippen molar-refractivity contribution >= 4 is 17.8 Å². The maximum Gasteiger partial charge on any atom is 0.317 e. The summed E-state index contributed by atoms with van der Waals surface area (Å²) in [5.41, 5.74) is 1.92. The fourth-order valence-electron chi connectivity index (χ4n) is 4.83. The standard InChI is InChI=1S/C28H32FN5O4/c29-22-9-7-20(8-10-22)23-16-25(23)31-11-1-2-24(32-27(37)21-5-3-19(17-30)4-6-21)28(38)34-14-12-33(13-15-34)18-26(35)36/h3-10,23-25,31H,1-2,11-16,18H2,(H,32,37)(H,35,36)/t23-,24?,25+/m0/s1. The van der Waals surface area contributed by atoms with Gasteiger partial charge >= 0.3 is 5.97 Å². The summed E-state index contributed by atoms with van der Waals surface area (Å²) in [6, 6.07) is 14.4. The van der Waals surface area contributed by atoms with Gasteiger partial charge in [-0.2, -0.15) is 5.26 Å². The molecule has 2 aromatic carbocycles. The van der Waals surface area contributed by atoms with Crippen molar-refractivity contribution in [2.75, 3.05) is 39.3 Å². The predicted octanol–water partition coefficient (Wildman–Crippen LogP) is 1.95. The zero-order chi connectivity index (χ0) is 27.1. The highest BCUT2D eigenvalue weighted by Gasteiger charge is 2.37. The molecule has 200 valence electrons. The van der Waals surface area contributed by atoms with Crippen LogP contribution in [0.25, 0.3) is 0 Å². The number of hydrogen-bond donors (Lipinski definition) is 3. The van der Waals surface area contributed by atoms with E-state index in [0.717, 1.165) is 12.0 Å². The Morgan fingerprint density at radius 2 is 1.74 bits per heavy atom. The van der Waals surface area contributed by atoms with Crippen molar-refractivity contribution in [1.29, 1.82) is 5.26 Å². The first-order valence-corrected chi connectivity index (χ1v) is 12.9. The maximum atomic E-state index is 13.4. The van der Waals surface area contributed by atoms with E-state index in [1.165, 1.54) is 12.1 Å². The van der Waals surface area contributed by atoms with Crippen LogP contribution in [0.1, 0.15) is 46.7 Å². The topological polar surface area (TPSA) is 126 Å². The van der Waals surface area contributed by atoms with Crippen LogP contribution in [0.3, 0.4) is 0 Å². The van der Waals surface area contributed by atoms with Gasteiger partial charge in [0.25, 0.3) is 5.91 Å². The second kappa shape index (κ2) is 12.6. The summed E-state index contributed by atoms with van der Waals surface area (Å²) in [6.07, 6.45) is 2.08. The molecule has 0 bridgehead atoms. The Kier molecular flexibility index (Phi) is 9.05. The van der Waals surface area contributed by atoms with E-state index in [2.05, 4.69) is 10.6 Å². The van der Waals surface area contributed by atoms with E-state index in [-0.39, 0.29) is 24.2 Å². The van der Waals surface area contributed by atoms with Gasteiger partial charge in [0.1, 0.15) is 11.9 Å². The van der Waals surface area contributed by atoms with Crippen molar-refractivity contribution in [3.8, 4) is 6.07 Å². The summed E-state index contributed by atoms with van der Waals surface area (Å²) < 4.78 is 13.2. The first-order chi connectivity index (χ1) is 18.3. The van der Waals surface area contributed by atoms with E-state index < -0.39 is 12.0 Å². The SMILES string of the molecule is N#Cc1ccc(C(=O)NC(CCCN[C@@H]2C[C@H]2c2ccc(F)cc2)C(=O)N2CCN(CC(=O)O)CC2)cc1. The lowest BCUT2D eigenvalue weighted by Gasteiger charge is -2.36. The van der Waals surface area contributed by atoms with Crippen molar-refractivity contribution < 1.29 is 23.9 Å². The molecule has 1 aliphatic heterocycles. The fourth-order valence-corrected chi connectivity index (χ4v) is 4.83. The van der Waals surface area contributed by atoms with E-state index in [0.29, 0.717) is 68.7 Å². The first kappa shape index (κ1) is 27.2. The Morgan fingerprint density at radius 1 is 1.05 bits per heavy atom. The number of hydrogen-bond acceptors (Lipinski definition) is 6. The van der Waals surface area contributed by atoms with E-state index >= 15 is 0 Å². The van der Waals surface area contributed by atoms with E-state index in [9.17, 15) is 18.8 Å². The number of carbonyl (C=O) groups is 3. The largest absolute Gasteiger partial charge is 0.480 e. The summed E-state index contributed by atoms with van der Waals surface area (Å²) in [5, 5.41) is 24.4. The molecule has 2 aliphatic rings. The summed E-state index contributed by atoms with van der Waals surface area (Å²) in [5.74, 6) is -1.36. The number of amides is 2. The van der Waals surface area contributed by atoms with E-state index in [1.807, 2.05) is 18.2 Å². The zero-order valence-electron chi connectivity index (χ0n) is 21.1. The normalized spacial score (nSPS) is 19.8. The molecule has 2 aromatic rings. The number of aliphatic carboxylic acids is 1. The lowest BCUT2D eigenvalue weighted by atomic mass is 10.1. The summed E-state index contributed by atoms with van der Waals surface area (Å²) in [7, 11) is 0. The maximum absolute atomic E-state index is 13.4. The minimum atomic E-state index is -0.901. The summed E-state index contributed by atoms with van der Waals surface area (Å²) in [6.45, 7) is 2.33. The Bertz CT molecular complexity index is 1170. The number of benzene rings is 2. The molecule has 1 saturated heterocycles. The van der Waals surface area contributed by atoms with Gasteiger partial charge in [-0.3, -0.25) is 19.3 Å². The van der Waals surface area contributed by atoms with Crippen molar-refractivity contribution in [1.82, 2.24) is 20.4 Å². The Labute approximate surface area is 221 Å². The van der Waals surface area contributed by atoms with Gasteiger partial charge in [-0.15, -0.1) is 0 Å². The number of nitrogens with zero attached hydrogens (tertiary/aromatic N) is 3. The minimum Gasteiger partial charge on any atom is -0.480 e. The molecule has 2 amide bonds. The van der Waals surface area contributed by atoms with Crippen LogP contribution in [-0.2, 0) is 9.59 Å². The molecule has 0 spiro atoms. The van der Waals surface area contributed by atoms with Gasteiger partial charge in [-0.25, -0.2) is 4.39 Å². The summed E-state index contributed by atoms with van der Waals surface area (Å²) in [4.78, 5) is 40.8. The first-order valence-electron chi connectivity index (χ1n) is 12.9. The van der Waals surface area contributed by atoms with Crippen LogP contribution in [-0.4, -0.2) is 84.0 Å². The number of piperazine rings is 1. The molecule has 0 aromatic heterocycles. The molecule has 38 heavy (non-hydrogen) atoms. The van der Waals surface area contributed by atoms with Gasteiger partial charge in [0, 0.05) is 43.7 Å². The highest BCUT2D eigenvalue weighted by Crippen LogP contribution is 2.40. The van der Waals surface area contributed by atoms with Crippen LogP contribution in [0.4, 0.5) is 4.39 Å². The third kappa shape index (κ3) is 7.37. The van der Waals surface area contributed by atoms with Gasteiger partial charge in [0.15, 0.2) is 0 Å². The molecule has 2 fully saturated rings. The highest BCUT2D eigenvalue weighted by molar-refractivity contribution is 5.97. The molecule has 4 rings (SSSR count). The smallest absolute Gasteiger partial charge is 0.317 e. The van der Waals surface area contributed by atoms with E-state index in [4.69, 9.17) is 10.4 Å². The van der Waals surface area contributed by atoms with Crippen molar-refractivity contribution in [2.45, 2.75) is 37.3 Å². The molecule has 1 saturated carbocycles. The van der Waals surface area contributed by atoms with Crippen LogP contribution < -0.4 is 10.6 Å². The second-order valence-corrected chi connectivity index (χ2v) is 9.81. The minimum absolute atomic E-state index is 0.0629. The molecule has 1 heterocycles.